The molecule has 2 heteroatoms. The minimum atomic E-state index is -1.58. The van der Waals surface area contributed by atoms with Gasteiger partial charge in [-0.3, -0.25) is 0 Å². The van der Waals surface area contributed by atoms with Crippen LogP contribution in [0.15, 0.2) is 30.3 Å². The summed E-state index contributed by atoms with van der Waals surface area (Å²) < 4.78 is 0. The molecule has 1 aromatic rings. The van der Waals surface area contributed by atoms with Crippen LogP contribution < -0.4 is 10.6 Å². The molecule has 0 bridgehead atoms. The second kappa shape index (κ2) is 3.87. The Bertz CT molecular complexity index is 231. The molecule has 0 aliphatic rings. The summed E-state index contributed by atoms with van der Waals surface area (Å²) in [6.07, 6.45) is 1.19. The molecule has 0 radical (unpaired) electrons. The lowest BCUT2D eigenvalue weighted by Crippen LogP contribution is -2.53. The van der Waals surface area contributed by atoms with Gasteiger partial charge in [0.25, 0.3) is 0 Å². The van der Waals surface area contributed by atoms with E-state index in [-0.39, 0.29) is 0 Å². The summed E-state index contributed by atoms with van der Waals surface area (Å²) in [6.45, 7) is 4.42. The minimum absolute atomic E-state index is 1.18. The Balaban J connectivity index is 2.82. The van der Waals surface area contributed by atoms with E-state index in [0.717, 1.165) is 0 Å². The van der Waals surface area contributed by atoms with E-state index in [1.54, 1.807) is 0 Å². The first kappa shape index (κ1) is 9.48. The van der Waals surface area contributed by atoms with Gasteiger partial charge in [0.05, 0.1) is 0 Å². The molecule has 2 N–H and O–H groups in total. The van der Waals surface area contributed by atoms with Gasteiger partial charge in [0.15, 0.2) is 8.24 Å². The van der Waals surface area contributed by atoms with Gasteiger partial charge in [-0.1, -0.05) is 50.2 Å². The van der Waals surface area contributed by atoms with E-state index in [1.807, 2.05) is 6.07 Å². The lowest BCUT2D eigenvalue weighted by molar-refractivity contribution is 1.05. The third-order valence-corrected chi connectivity index (χ3v) is 5.39. The molecule has 0 amide bonds. The first-order chi connectivity index (χ1) is 5.67. The first-order valence-corrected chi connectivity index (χ1v) is 7.29. The molecule has 0 aliphatic carbocycles. The van der Waals surface area contributed by atoms with Crippen molar-refractivity contribution in [2.75, 3.05) is 0 Å². The number of rotatable bonds is 3. The Labute approximate surface area is 75.7 Å². The van der Waals surface area contributed by atoms with Gasteiger partial charge in [-0.25, -0.2) is 0 Å². The molecule has 1 rings (SSSR count). The maximum atomic E-state index is 6.29. The zero-order valence-corrected chi connectivity index (χ0v) is 8.88. The van der Waals surface area contributed by atoms with E-state index in [2.05, 4.69) is 37.7 Å². The molecule has 0 aliphatic heterocycles. The Morgan fingerprint density at radius 2 is 1.83 bits per heavy atom. The van der Waals surface area contributed by atoms with Crippen LogP contribution in [0.5, 0.6) is 0 Å². The monoisotopic (exact) mass is 179 g/mol. The first-order valence-electron chi connectivity index (χ1n) is 4.51. The maximum Gasteiger partial charge on any atom is 0.152 e. The van der Waals surface area contributed by atoms with Crippen LogP contribution in [0, 0.1) is 0 Å². The molecule has 0 fully saturated rings. The average molecular weight is 179 g/mol. The molecule has 1 unspecified atom stereocenters. The number of hydrogen-bond acceptors (Lipinski definition) is 1. The predicted molar refractivity (Wildman–Crippen MR) is 57.0 cm³/mol. The van der Waals surface area contributed by atoms with Crippen molar-refractivity contribution in [1.82, 2.24) is 0 Å². The fourth-order valence-corrected chi connectivity index (χ4v) is 3.76. The SMILES string of the molecule is CCC[Si](C)(N)c1ccccc1. The van der Waals surface area contributed by atoms with Crippen molar-refractivity contribution in [3.8, 4) is 0 Å². The van der Waals surface area contributed by atoms with Crippen molar-refractivity contribution >= 4 is 13.4 Å². The third-order valence-electron chi connectivity index (χ3n) is 2.20. The molecule has 1 nitrogen and oxygen atoms in total. The van der Waals surface area contributed by atoms with E-state index in [4.69, 9.17) is 5.40 Å². The van der Waals surface area contributed by atoms with Crippen molar-refractivity contribution < 1.29 is 0 Å². The Morgan fingerprint density at radius 1 is 1.25 bits per heavy atom. The van der Waals surface area contributed by atoms with E-state index < -0.39 is 8.24 Å². The molecule has 0 saturated carbocycles. The van der Waals surface area contributed by atoms with Gasteiger partial charge in [-0.15, -0.1) is 0 Å². The molecular weight excluding hydrogens is 162 g/mol. The van der Waals surface area contributed by atoms with E-state index in [0.29, 0.717) is 0 Å². The molecule has 12 heavy (non-hydrogen) atoms. The summed E-state index contributed by atoms with van der Waals surface area (Å²) in [6, 6.07) is 11.7. The zero-order valence-electron chi connectivity index (χ0n) is 7.88. The van der Waals surface area contributed by atoms with Crippen molar-refractivity contribution in [1.29, 1.82) is 0 Å². The third kappa shape index (κ3) is 2.19. The van der Waals surface area contributed by atoms with Crippen LogP contribution in [0.4, 0.5) is 0 Å². The molecule has 1 aromatic carbocycles. The fourth-order valence-electron chi connectivity index (χ4n) is 1.48. The van der Waals surface area contributed by atoms with Gasteiger partial charge in [-0.2, -0.15) is 0 Å². The average Bonchev–Trinajstić information content (AvgIpc) is 2.06. The second-order valence-electron chi connectivity index (χ2n) is 3.53. The standard InChI is InChI=1S/C10H17NSi/c1-3-9-12(2,11)10-7-5-4-6-8-10/h4-8H,3,9,11H2,1-2H3. The van der Waals surface area contributed by atoms with Gasteiger partial charge in [0.2, 0.25) is 0 Å². The van der Waals surface area contributed by atoms with Crippen LogP contribution in [-0.2, 0) is 0 Å². The van der Waals surface area contributed by atoms with E-state index in [1.165, 1.54) is 17.7 Å². The Kier molecular flexibility index (Phi) is 3.06. The lowest BCUT2D eigenvalue weighted by atomic mass is 10.4. The topological polar surface area (TPSA) is 26.0 Å². The van der Waals surface area contributed by atoms with Gasteiger partial charge >= 0.3 is 0 Å². The summed E-state index contributed by atoms with van der Waals surface area (Å²) in [5, 5.41) is 7.65. The highest BCUT2D eigenvalue weighted by Crippen LogP contribution is 2.05. The number of nitrogens with two attached hydrogens (primary N) is 1. The van der Waals surface area contributed by atoms with Crippen molar-refractivity contribution in [3.63, 3.8) is 0 Å². The van der Waals surface area contributed by atoms with Crippen LogP contribution in [0.2, 0.25) is 12.6 Å². The van der Waals surface area contributed by atoms with Crippen LogP contribution >= 0.6 is 0 Å². The molecular formula is C10H17NSi. The molecule has 0 saturated heterocycles. The molecule has 66 valence electrons. The summed E-state index contributed by atoms with van der Waals surface area (Å²) in [5.74, 6) is 0. The van der Waals surface area contributed by atoms with Crippen molar-refractivity contribution in [2.24, 2.45) is 5.40 Å². The maximum absolute atomic E-state index is 6.29. The van der Waals surface area contributed by atoms with Crippen LogP contribution in [-0.4, -0.2) is 8.24 Å². The molecule has 0 spiro atoms. The highest BCUT2D eigenvalue weighted by atomic mass is 28.3. The summed E-state index contributed by atoms with van der Waals surface area (Å²) in [7, 11) is -1.58. The highest BCUT2D eigenvalue weighted by Gasteiger charge is 2.22. The normalized spacial score (nSPS) is 15.6. The van der Waals surface area contributed by atoms with E-state index in [9.17, 15) is 0 Å². The van der Waals surface area contributed by atoms with Gasteiger partial charge in [0.1, 0.15) is 0 Å². The molecule has 0 heterocycles. The van der Waals surface area contributed by atoms with Crippen molar-refractivity contribution in [3.05, 3.63) is 30.3 Å². The van der Waals surface area contributed by atoms with Crippen molar-refractivity contribution in [2.45, 2.75) is 25.9 Å². The highest BCUT2D eigenvalue weighted by molar-refractivity contribution is 6.88. The minimum Gasteiger partial charge on any atom is -0.347 e. The summed E-state index contributed by atoms with van der Waals surface area (Å²) in [5.41, 5.74) is 0. The molecule has 1 atom stereocenters. The van der Waals surface area contributed by atoms with Crippen LogP contribution in [0.1, 0.15) is 13.3 Å². The van der Waals surface area contributed by atoms with E-state index >= 15 is 0 Å². The number of hydrogen-bond donors (Lipinski definition) is 1. The lowest BCUT2D eigenvalue weighted by Gasteiger charge is -2.21. The summed E-state index contributed by atoms with van der Waals surface area (Å²) >= 11 is 0. The Morgan fingerprint density at radius 3 is 2.33 bits per heavy atom. The zero-order chi connectivity index (χ0) is 9.03. The second-order valence-corrected chi connectivity index (χ2v) is 7.45. The smallest absolute Gasteiger partial charge is 0.152 e. The summed E-state index contributed by atoms with van der Waals surface area (Å²) in [4.78, 5) is 0. The van der Waals surface area contributed by atoms with Gasteiger partial charge < -0.3 is 5.40 Å². The predicted octanol–water partition coefficient (Wildman–Crippen LogP) is 1.84. The Hall–Kier alpha value is -0.603. The number of benzene rings is 1. The van der Waals surface area contributed by atoms with Gasteiger partial charge in [0, 0.05) is 0 Å². The van der Waals surface area contributed by atoms with Crippen LogP contribution in [0.25, 0.3) is 0 Å². The fraction of sp³-hybridized carbons (Fsp3) is 0.400. The van der Waals surface area contributed by atoms with Gasteiger partial charge in [-0.05, 0) is 11.2 Å². The largest absolute Gasteiger partial charge is 0.347 e. The quantitative estimate of drug-likeness (QED) is 0.704. The van der Waals surface area contributed by atoms with Crippen LogP contribution in [0.3, 0.4) is 0 Å². The molecule has 0 aromatic heterocycles.